The first kappa shape index (κ1) is 11.1. The van der Waals surface area contributed by atoms with Gasteiger partial charge in [-0.3, -0.25) is 4.99 Å². The SMILES string of the molecule is C/C(N)=C(/C=NCCF)C(C)C. The highest BCUT2D eigenvalue weighted by Gasteiger charge is 2.01. The molecule has 0 heterocycles. The van der Waals surface area contributed by atoms with Gasteiger partial charge in [-0.25, -0.2) is 4.39 Å². The summed E-state index contributed by atoms with van der Waals surface area (Å²) < 4.78 is 11.7. The zero-order chi connectivity index (χ0) is 9.56. The van der Waals surface area contributed by atoms with E-state index in [4.69, 9.17) is 5.73 Å². The van der Waals surface area contributed by atoms with Crippen LogP contribution >= 0.6 is 0 Å². The standard InChI is InChI=1S/C9H17FN2/c1-7(2)9(8(3)11)6-12-5-4-10/h6-7H,4-5,11H2,1-3H3/b9-8+,12-6?. The molecule has 0 aliphatic rings. The van der Waals surface area contributed by atoms with Crippen molar-refractivity contribution in [3.63, 3.8) is 0 Å². The minimum atomic E-state index is -0.411. The molecule has 0 aromatic rings. The average Bonchev–Trinajstić information content (AvgIpc) is 1.96. The lowest BCUT2D eigenvalue weighted by Gasteiger charge is -2.07. The Morgan fingerprint density at radius 2 is 2.17 bits per heavy atom. The van der Waals surface area contributed by atoms with Crippen molar-refractivity contribution in [2.45, 2.75) is 20.8 Å². The molecule has 0 unspecified atom stereocenters. The lowest BCUT2D eigenvalue weighted by Crippen LogP contribution is -2.05. The Morgan fingerprint density at radius 3 is 2.50 bits per heavy atom. The lowest BCUT2D eigenvalue weighted by molar-refractivity contribution is 0.505. The number of nitrogens with zero attached hydrogens (tertiary/aromatic N) is 1. The summed E-state index contributed by atoms with van der Waals surface area (Å²) in [5.41, 5.74) is 7.36. The Bertz CT molecular complexity index is 179. The van der Waals surface area contributed by atoms with E-state index in [0.717, 1.165) is 11.3 Å². The van der Waals surface area contributed by atoms with Crippen LogP contribution in [0.5, 0.6) is 0 Å². The summed E-state index contributed by atoms with van der Waals surface area (Å²) in [4.78, 5) is 3.89. The van der Waals surface area contributed by atoms with Crippen molar-refractivity contribution in [2.75, 3.05) is 13.2 Å². The lowest BCUT2D eigenvalue weighted by atomic mass is 10.0. The molecule has 0 amide bonds. The number of aliphatic imine (C=N–C) groups is 1. The van der Waals surface area contributed by atoms with E-state index >= 15 is 0 Å². The summed E-state index contributed by atoms with van der Waals surface area (Å²) in [5.74, 6) is 0.346. The van der Waals surface area contributed by atoms with Gasteiger partial charge in [0, 0.05) is 11.9 Å². The molecule has 0 aliphatic heterocycles. The summed E-state index contributed by atoms with van der Waals surface area (Å²) in [6, 6.07) is 0. The van der Waals surface area contributed by atoms with Gasteiger partial charge >= 0.3 is 0 Å². The molecule has 0 saturated heterocycles. The highest BCUT2D eigenvalue weighted by atomic mass is 19.1. The van der Waals surface area contributed by atoms with Gasteiger partial charge in [-0.1, -0.05) is 13.8 Å². The van der Waals surface area contributed by atoms with Gasteiger partial charge in [0.15, 0.2) is 0 Å². The highest BCUT2D eigenvalue weighted by Crippen LogP contribution is 2.08. The van der Waals surface area contributed by atoms with Crippen LogP contribution in [0.4, 0.5) is 4.39 Å². The highest BCUT2D eigenvalue weighted by molar-refractivity contribution is 5.79. The molecule has 0 radical (unpaired) electrons. The summed E-state index contributed by atoms with van der Waals surface area (Å²) in [6.07, 6.45) is 1.67. The quantitative estimate of drug-likeness (QED) is 0.646. The maximum atomic E-state index is 11.7. The zero-order valence-corrected chi connectivity index (χ0v) is 7.97. The molecule has 70 valence electrons. The third-order valence-electron chi connectivity index (χ3n) is 1.52. The number of nitrogens with two attached hydrogens (primary N) is 1. The molecule has 12 heavy (non-hydrogen) atoms. The van der Waals surface area contributed by atoms with E-state index in [0.29, 0.717) is 5.92 Å². The minimum absolute atomic E-state index is 0.226. The fourth-order valence-electron chi connectivity index (χ4n) is 0.918. The van der Waals surface area contributed by atoms with Gasteiger partial charge in [0.25, 0.3) is 0 Å². The number of allylic oxidation sites excluding steroid dienone is 2. The molecular weight excluding hydrogens is 155 g/mol. The summed E-state index contributed by atoms with van der Waals surface area (Å²) in [5, 5.41) is 0. The molecule has 0 rings (SSSR count). The second-order valence-corrected chi connectivity index (χ2v) is 3.02. The van der Waals surface area contributed by atoms with Crippen molar-refractivity contribution in [3.05, 3.63) is 11.3 Å². The van der Waals surface area contributed by atoms with Gasteiger partial charge in [0.05, 0.1) is 6.54 Å². The first-order valence-corrected chi connectivity index (χ1v) is 4.11. The summed E-state index contributed by atoms with van der Waals surface area (Å²) in [6.45, 7) is 5.71. The van der Waals surface area contributed by atoms with E-state index in [1.54, 1.807) is 6.21 Å². The topological polar surface area (TPSA) is 38.4 Å². The molecule has 0 bridgehead atoms. The second-order valence-electron chi connectivity index (χ2n) is 3.02. The van der Waals surface area contributed by atoms with Crippen LogP contribution in [-0.4, -0.2) is 19.4 Å². The number of rotatable bonds is 4. The Morgan fingerprint density at radius 1 is 1.58 bits per heavy atom. The van der Waals surface area contributed by atoms with Gasteiger partial charge < -0.3 is 5.73 Å². The van der Waals surface area contributed by atoms with Crippen molar-refractivity contribution >= 4 is 6.21 Å². The molecule has 0 fully saturated rings. The maximum Gasteiger partial charge on any atom is 0.109 e. The van der Waals surface area contributed by atoms with Crippen LogP contribution in [0, 0.1) is 5.92 Å². The molecule has 0 aromatic heterocycles. The van der Waals surface area contributed by atoms with Crippen LogP contribution in [0.1, 0.15) is 20.8 Å². The Balaban J connectivity index is 4.26. The van der Waals surface area contributed by atoms with Crippen molar-refractivity contribution in [3.8, 4) is 0 Å². The Hall–Kier alpha value is -0.860. The number of hydrogen-bond donors (Lipinski definition) is 1. The number of halogens is 1. The molecule has 0 atom stereocenters. The second kappa shape index (κ2) is 5.75. The first-order chi connectivity index (χ1) is 5.59. The van der Waals surface area contributed by atoms with Crippen LogP contribution in [0.15, 0.2) is 16.3 Å². The van der Waals surface area contributed by atoms with Crippen LogP contribution in [0.3, 0.4) is 0 Å². The van der Waals surface area contributed by atoms with E-state index < -0.39 is 6.67 Å². The van der Waals surface area contributed by atoms with E-state index in [1.807, 2.05) is 20.8 Å². The van der Waals surface area contributed by atoms with Crippen molar-refractivity contribution in [1.82, 2.24) is 0 Å². The average molecular weight is 172 g/mol. The van der Waals surface area contributed by atoms with E-state index in [1.165, 1.54) is 0 Å². The predicted octanol–water partition coefficient (Wildman–Crippen LogP) is 1.92. The summed E-state index contributed by atoms with van der Waals surface area (Å²) in [7, 11) is 0. The monoisotopic (exact) mass is 172 g/mol. The fourth-order valence-corrected chi connectivity index (χ4v) is 0.918. The van der Waals surface area contributed by atoms with E-state index in [-0.39, 0.29) is 6.54 Å². The molecule has 3 heteroatoms. The van der Waals surface area contributed by atoms with Gasteiger partial charge in [-0.15, -0.1) is 0 Å². The zero-order valence-electron chi connectivity index (χ0n) is 7.97. The molecule has 0 saturated carbocycles. The van der Waals surface area contributed by atoms with E-state index in [2.05, 4.69) is 4.99 Å². The molecule has 0 aliphatic carbocycles. The van der Waals surface area contributed by atoms with Gasteiger partial charge in [0.2, 0.25) is 0 Å². The van der Waals surface area contributed by atoms with Crippen LogP contribution < -0.4 is 5.73 Å². The van der Waals surface area contributed by atoms with Crippen molar-refractivity contribution in [2.24, 2.45) is 16.6 Å². The number of alkyl halides is 1. The van der Waals surface area contributed by atoms with Gasteiger partial charge in [-0.2, -0.15) is 0 Å². The normalized spacial score (nSPS) is 14.1. The summed E-state index contributed by atoms with van der Waals surface area (Å²) >= 11 is 0. The third kappa shape index (κ3) is 4.11. The molecule has 2 nitrogen and oxygen atoms in total. The fraction of sp³-hybridized carbons (Fsp3) is 0.667. The smallest absolute Gasteiger partial charge is 0.109 e. The Labute approximate surface area is 73.4 Å². The third-order valence-corrected chi connectivity index (χ3v) is 1.52. The largest absolute Gasteiger partial charge is 0.402 e. The van der Waals surface area contributed by atoms with E-state index in [9.17, 15) is 4.39 Å². The van der Waals surface area contributed by atoms with Crippen molar-refractivity contribution < 1.29 is 4.39 Å². The Kier molecular flexibility index (Phi) is 5.34. The van der Waals surface area contributed by atoms with Crippen LogP contribution in [-0.2, 0) is 0 Å². The molecule has 2 N–H and O–H groups in total. The number of hydrogen-bond acceptors (Lipinski definition) is 2. The van der Waals surface area contributed by atoms with Crippen molar-refractivity contribution in [1.29, 1.82) is 0 Å². The maximum absolute atomic E-state index is 11.7. The molecule has 0 aromatic carbocycles. The molecular formula is C9H17FN2. The predicted molar refractivity (Wildman–Crippen MR) is 51.1 cm³/mol. The van der Waals surface area contributed by atoms with Crippen LogP contribution in [0.25, 0.3) is 0 Å². The van der Waals surface area contributed by atoms with Crippen LogP contribution in [0.2, 0.25) is 0 Å². The minimum Gasteiger partial charge on any atom is -0.402 e. The molecule has 0 spiro atoms. The first-order valence-electron chi connectivity index (χ1n) is 4.11. The van der Waals surface area contributed by atoms with Gasteiger partial charge in [0.1, 0.15) is 6.67 Å². The van der Waals surface area contributed by atoms with Gasteiger partial charge in [-0.05, 0) is 18.4 Å².